The Balaban J connectivity index is -0.0000000133. The van der Waals surface area contributed by atoms with E-state index in [-0.39, 0.29) is 93.3 Å². The number of phosphoric acid groups is 1. The van der Waals surface area contributed by atoms with E-state index in [4.69, 9.17) is 19.2 Å². The van der Waals surface area contributed by atoms with Crippen LogP contribution in [0.1, 0.15) is 0 Å². The predicted molar refractivity (Wildman–Crippen MR) is 14.3 cm³/mol. The standard InChI is InChI=1S/3Ag.H3O4P.Zr/c;;;1-5(2,3)4;/h;;;(H3,1,2,3,4);. The van der Waals surface area contributed by atoms with Gasteiger partial charge in [0, 0.05) is 93.3 Å². The first-order chi connectivity index (χ1) is 2.00. The number of rotatable bonds is 0. The fourth-order valence-electron chi connectivity index (χ4n) is 0. The molecule has 69 valence electrons. The van der Waals surface area contributed by atoms with E-state index in [2.05, 4.69) is 0 Å². The summed E-state index contributed by atoms with van der Waals surface area (Å²) in [5.74, 6) is 0. The molecule has 0 saturated heterocycles. The zero-order valence-corrected chi connectivity index (χ0v) is 11.4. The van der Waals surface area contributed by atoms with Crippen LogP contribution in [0, 0.1) is 0 Å². The van der Waals surface area contributed by atoms with E-state index in [1.165, 1.54) is 0 Å². The minimum absolute atomic E-state index is 0. The van der Waals surface area contributed by atoms with Crippen LogP contribution in [0.3, 0.4) is 0 Å². The summed E-state index contributed by atoms with van der Waals surface area (Å²) in [6, 6.07) is 0. The summed E-state index contributed by atoms with van der Waals surface area (Å²) >= 11 is 0. The molecule has 0 aromatic rings. The van der Waals surface area contributed by atoms with Crippen LogP contribution in [-0.4, -0.2) is 14.7 Å². The maximum absolute atomic E-state index is 8.88. The van der Waals surface area contributed by atoms with E-state index in [0.717, 1.165) is 0 Å². The Labute approximate surface area is 118 Å². The van der Waals surface area contributed by atoms with Crippen LogP contribution in [0.15, 0.2) is 0 Å². The minimum atomic E-state index is -4.64. The van der Waals surface area contributed by atoms with E-state index in [1.807, 2.05) is 0 Å². The Hall–Kier alpha value is 3.21. The maximum Gasteiger partial charge on any atom is 0.466 e. The molecule has 0 amide bonds. The van der Waals surface area contributed by atoms with Crippen LogP contribution in [0.2, 0.25) is 0 Å². The van der Waals surface area contributed by atoms with Crippen molar-refractivity contribution in [1.82, 2.24) is 0 Å². The van der Waals surface area contributed by atoms with Gasteiger partial charge in [0.25, 0.3) is 0 Å². The van der Waals surface area contributed by atoms with Crippen molar-refractivity contribution < 1.29 is 113 Å². The van der Waals surface area contributed by atoms with Crippen molar-refractivity contribution in [2.45, 2.75) is 0 Å². The monoisotopic (exact) mass is 509 g/mol. The van der Waals surface area contributed by atoms with E-state index in [0.29, 0.717) is 0 Å². The molecule has 9 heavy (non-hydrogen) atoms. The second-order valence-electron chi connectivity index (χ2n) is 0.513. The fraction of sp³-hybridized carbons (Fsp3) is 0. The molecule has 0 saturated carbocycles. The van der Waals surface area contributed by atoms with Gasteiger partial charge in [-0.25, -0.2) is 4.57 Å². The first-order valence-electron chi connectivity index (χ1n) is 0.783. The molecule has 0 unspecified atom stereocenters. The third-order valence-electron chi connectivity index (χ3n) is 0. The second-order valence-corrected chi connectivity index (χ2v) is 1.54. The Morgan fingerprint density at radius 2 is 0.889 bits per heavy atom. The normalized spacial score (nSPS) is 6.56. The van der Waals surface area contributed by atoms with Gasteiger partial charge in [0.2, 0.25) is 0 Å². The molecule has 3 radical (unpaired) electrons. The smallest absolute Gasteiger partial charge is 0.303 e. The minimum Gasteiger partial charge on any atom is -0.303 e. The molecule has 0 aliphatic heterocycles. The zero-order valence-electron chi connectivity index (χ0n) is 3.60. The van der Waals surface area contributed by atoms with Crippen molar-refractivity contribution in [1.29, 1.82) is 0 Å². The Morgan fingerprint density at radius 3 is 0.889 bits per heavy atom. The summed E-state index contributed by atoms with van der Waals surface area (Å²) in [5.41, 5.74) is 0. The molecule has 0 aliphatic carbocycles. The molecule has 9 heteroatoms. The molecule has 0 atom stereocenters. The van der Waals surface area contributed by atoms with Gasteiger partial charge < -0.3 is 14.7 Å². The summed E-state index contributed by atoms with van der Waals surface area (Å²) in [7, 11) is -4.64. The van der Waals surface area contributed by atoms with Gasteiger partial charge in [-0.1, -0.05) is 0 Å². The summed E-state index contributed by atoms with van der Waals surface area (Å²) in [4.78, 5) is 21.6. The first-order valence-corrected chi connectivity index (χ1v) is 2.35. The Bertz CT molecular complexity index is 61.9. The van der Waals surface area contributed by atoms with Crippen LogP contribution in [-0.2, 0) is 97.9 Å². The van der Waals surface area contributed by atoms with Crippen molar-refractivity contribution in [3.63, 3.8) is 0 Å². The van der Waals surface area contributed by atoms with Gasteiger partial charge in [-0.05, 0) is 0 Å². The molecular formula is H3Ag3O4PZr. The molecular weight excluding hydrogens is 510 g/mol. The van der Waals surface area contributed by atoms with Crippen LogP contribution >= 0.6 is 7.82 Å². The number of hydrogen-bond acceptors (Lipinski definition) is 1. The average Bonchev–Trinajstić information content (AvgIpc) is 0.722. The quantitative estimate of drug-likeness (QED) is 0.289. The molecule has 0 rings (SSSR count). The van der Waals surface area contributed by atoms with Gasteiger partial charge in [-0.2, -0.15) is 0 Å². The molecule has 0 aliphatic rings. The van der Waals surface area contributed by atoms with Crippen molar-refractivity contribution in [3.8, 4) is 0 Å². The molecule has 3 N–H and O–H groups in total. The van der Waals surface area contributed by atoms with E-state index < -0.39 is 7.82 Å². The molecule has 0 aromatic carbocycles. The maximum atomic E-state index is 8.88. The molecule has 0 aromatic heterocycles. The third kappa shape index (κ3) is 92.2. The van der Waals surface area contributed by atoms with Crippen molar-refractivity contribution >= 4 is 7.82 Å². The molecule has 0 fully saturated rings. The van der Waals surface area contributed by atoms with Gasteiger partial charge in [-0.15, -0.1) is 0 Å². The average molecular weight is 513 g/mol. The van der Waals surface area contributed by atoms with Crippen LogP contribution < -0.4 is 0 Å². The molecule has 4 nitrogen and oxygen atoms in total. The molecule has 0 heterocycles. The first kappa shape index (κ1) is 29.5. The van der Waals surface area contributed by atoms with Crippen LogP contribution in [0.25, 0.3) is 0 Å². The van der Waals surface area contributed by atoms with Gasteiger partial charge in [0.05, 0.1) is 0 Å². The SMILES string of the molecule is O=P(O)(O)O.[Ag].[Ag].[Ag].[Zr]. The van der Waals surface area contributed by atoms with E-state index in [9.17, 15) is 0 Å². The zero-order chi connectivity index (χ0) is 4.50. The summed E-state index contributed by atoms with van der Waals surface area (Å²) in [6.45, 7) is 0. The second kappa shape index (κ2) is 13.8. The van der Waals surface area contributed by atoms with Gasteiger partial charge in [0.15, 0.2) is 0 Å². The van der Waals surface area contributed by atoms with Crippen molar-refractivity contribution in [2.24, 2.45) is 0 Å². The Morgan fingerprint density at radius 1 is 0.889 bits per heavy atom. The summed E-state index contributed by atoms with van der Waals surface area (Å²) in [6.07, 6.45) is 0. The third-order valence-corrected chi connectivity index (χ3v) is 0. The van der Waals surface area contributed by atoms with Crippen LogP contribution in [0.4, 0.5) is 0 Å². The van der Waals surface area contributed by atoms with Crippen molar-refractivity contribution in [3.05, 3.63) is 0 Å². The fourth-order valence-corrected chi connectivity index (χ4v) is 0. The largest absolute Gasteiger partial charge is 0.466 e. The van der Waals surface area contributed by atoms with Gasteiger partial charge in [0.1, 0.15) is 0 Å². The van der Waals surface area contributed by atoms with E-state index in [1.54, 1.807) is 0 Å². The van der Waals surface area contributed by atoms with Crippen LogP contribution in [0.5, 0.6) is 0 Å². The van der Waals surface area contributed by atoms with Gasteiger partial charge in [-0.3, -0.25) is 0 Å². The molecule has 0 bridgehead atoms. The Kier molecular flexibility index (Phi) is 45.2. The van der Waals surface area contributed by atoms with Gasteiger partial charge >= 0.3 is 7.82 Å². The predicted octanol–water partition coefficient (Wildman–Crippen LogP) is -0.939. The number of hydrogen-bond donors (Lipinski definition) is 3. The summed E-state index contributed by atoms with van der Waals surface area (Å²) in [5, 5.41) is 0. The summed E-state index contributed by atoms with van der Waals surface area (Å²) < 4.78 is 8.88. The van der Waals surface area contributed by atoms with Crippen molar-refractivity contribution in [2.75, 3.05) is 0 Å². The van der Waals surface area contributed by atoms with E-state index >= 15 is 0 Å². The topological polar surface area (TPSA) is 77.8 Å². The molecule has 0 spiro atoms.